The van der Waals surface area contributed by atoms with Crippen molar-refractivity contribution in [2.75, 3.05) is 6.54 Å². The molecular formula is C16H20N2O. The summed E-state index contributed by atoms with van der Waals surface area (Å²) in [6, 6.07) is 13.9. The van der Waals surface area contributed by atoms with Crippen LogP contribution in [0.25, 0.3) is 0 Å². The van der Waals surface area contributed by atoms with Gasteiger partial charge in [-0.3, -0.25) is 4.79 Å². The van der Waals surface area contributed by atoms with Gasteiger partial charge in [-0.25, -0.2) is 0 Å². The predicted molar refractivity (Wildman–Crippen MR) is 78.3 cm³/mol. The Balaban J connectivity index is 2.23. The lowest BCUT2D eigenvalue weighted by atomic mass is 10.0. The van der Waals surface area contributed by atoms with E-state index in [0.717, 1.165) is 6.54 Å². The maximum atomic E-state index is 11.8. The molecule has 3 nitrogen and oxygen atoms in total. The van der Waals surface area contributed by atoms with E-state index < -0.39 is 0 Å². The highest BCUT2D eigenvalue weighted by Gasteiger charge is 2.11. The summed E-state index contributed by atoms with van der Waals surface area (Å²) in [7, 11) is 0. The van der Waals surface area contributed by atoms with Gasteiger partial charge in [0, 0.05) is 18.8 Å². The average molecular weight is 256 g/mol. The van der Waals surface area contributed by atoms with Crippen LogP contribution in [0.15, 0.2) is 53.5 Å². The number of aromatic nitrogens is 1. The number of rotatable bonds is 5. The van der Waals surface area contributed by atoms with Gasteiger partial charge in [0.2, 0.25) is 0 Å². The minimum absolute atomic E-state index is 0.0394. The van der Waals surface area contributed by atoms with Crippen LogP contribution in [0.3, 0.4) is 0 Å². The number of benzene rings is 1. The fourth-order valence-electron chi connectivity index (χ4n) is 2.14. The average Bonchev–Trinajstić information content (AvgIpc) is 2.42. The minimum Gasteiger partial charge on any atom is -0.314 e. The highest BCUT2D eigenvalue weighted by Crippen LogP contribution is 2.15. The lowest BCUT2D eigenvalue weighted by Crippen LogP contribution is -2.29. The monoisotopic (exact) mass is 256 g/mol. The Morgan fingerprint density at radius 1 is 1.16 bits per heavy atom. The summed E-state index contributed by atoms with van der Waals surface area (Å²) in [5.41, 5.74) is 2.50. The summed E-state index contributed by atoms with van der Waals surface area (Å²) in [6.45, 7) is 5.68. The Hall–Kier alpha value is -1.87. The van der Waals surface area contributed by atoms with E-state index in [2.05, 4.69) is 43.4 Å². The number of nitrogens with zero attached hydrogens (tertiary/aromatic N) is 1. The molecule has 0 aliphatic carbocycles. The molecule has 0 radical (unpaired) electrons. The molecule has 1 unspecified atom stereocenters. The lowest BCUT2D eigenvalue weighted by Gasteiger charge is -2.19. The molecular weight excluding hydrogens is 236 g/mol. The van der Waals surface area contributed by atoms with Gasteiger partial charge in [-0.2, -0.15) is 0 Å². The zero-order valence-corrected chi connectivity index (χ0v) is 11.5. The molecule has 1 N–H and O–H groups in total. The second-order valence-electron chi connectivity index (χ2n) is 4.71. The van der Waals surface area contributed by atoms with Crippen molar-refractivity contribution in [2.24, 2.45) is 0 Å². The number of likely N-dealkylation sites (N-methyl/N-ethyl adjacent to an activating group) is 1. The fraction of sp³-hybridized carbons (Fsp3) is 0.312. The molecule has 0 amide bonds. The molecule has 0 aliphatic heterocycles. The van der Waals surface area contributed by atoms with Crippen molar-refractivity contribution >= 4 is 0 Å². The Kier molecular flexibility index (Phi) is 4.53. The fourth-order valence-corrected chi connectivity index (χ4v) is 2.14. The number of hydrogen-bond acceptors (Lipinski definition) is 2. The second kappa shape index (κ2) is 6.34. The topological polar surface area (TPSA) is 34.0 Å². The maximum absolute atomic E-state index is 11.8. The molecule has 0 saturated carbocycles. The highest BCUT2D eigenvalue weighted by atomic mass is 16.1. The van der Waals surface area contributed by atoms with Crippen LogP contribution in [-0.2, 0) is 6.54 Å². The maximum Gasteiger partial charge on any atom is 0.250 e. The van der Waals surface area contributed by atoms with Crippen LogP contribution in [0.1, 0.15) is 24.1 Å². The van der Waals surface area contributed by atoms with Crippen molar-refractivity contribution in [2.45, 2.75) is 26.4 Å². The van der Waals surface area contributed by atoms with Crippen LogP contribution in [0.2, 0.25) is 0 Å². The summed E-state index contributed by atoms with van der Waals surface area (Å²) < 4.78 is 1.74. The third-order valence-electron chi connectivity index (χ3n) is 3.21. The molecule has 1 aromatic heterocycles. The summed E-state index contributed by atoms with van der Waals surface area (Å²) in [5, 5.41) is 3.43. The molecule has 0 aliphatic rings. The van der Waals surface area contributed by atoms with E-state index >= 15 is 0 Å². The summed E-state index contributed by atoms with van der Waals surface area (Å²) >= 11 is 0. The van der Waals surface area contributed by atoms with E-state index in [1.165, 1.54) is 11.1 Å². The van der Waals surface area contributed by atoms with Gasteiger partial charge in [-0.15, -0.1) is 0 Å². The minimum atomic E-state index is 0.0394. The molecule has 1 atom stereocenters. The predicted octanol–water partition coefficient (Wildman–Crippen LogP) is 2.51. The van der Waals surface area contributed by atoms with E-state index in [0.29, 0.717) is 6.54 Å². The van der Waals surface area contributed by atoms with Crippen molar-refractivity contribution in [1.82, 2.24) is 9.88 Å². The van der Waals surface area contributed by atoms with Crippen LogP contribution in [0.4, 0.5) is 0 Å². The molecule has 19 heavy (non-hydrogen) atoms. The van der Waals surface area contributed by atoms with Gasteiger partial charge in [-0.1, -0.05) is 42.8 Å². The Labute approximate surface area is 113 Å². The lowest BCUT2D eigenvalue weighted by molar-refractivity contribution is 0.467. The highest BCUT2D eigenvalue weighted by molar-refractivity contribution is 5.24. The standard InChI is InChI=1S/C16H20N2O/c1-3-17-15(14-9-7-13(2)8-10-14)12-18-11-5-4-6-16(18)19/h4-11,15,17H,3,12H2,1-2H3. The van der Waals surface area contributed by atoms with Crippen LogP contribution in [0, 0.1) is 6.92 Å². The molecule has 3 heteroatoms. The SMILES string of the molecule is CCNC(Cn1ccccc1=O)c1ccc(C)cc1. The molecule has 0 bridgehead atoms. The van der Waals surface area contributed by atoms with Crippen molar-refractivity contribution in [3.05, 3.63) is 70.1 Å². The third-order valence-corrected chi connectivity index (χ3v) is 3.21. The van der Waals surface area contributed by atoms with Crippen LogP contribution >= 0.6 is 0 Å². The van der Waals surface area contributed by atoms with Gasteiger partial charge in [0.25, 0.3) is 5.56 Å². The van der Waals surface area contributed by atoms with Gasteiger partial charge in [0.1, 0.15) is 0 Å². The van der Waals surface area contributed by atoms with E-state index in [9.17, 15) is 4.79 Å². The molecule has 0 spiro atoms. The molecule has 2 rings (SSSR count). The molecule has 0 fully saturated rings. The number of aryl methyl sites for hydroxylation is 1. The Morgan fingerprint density at radius 2 is 1.89 bits per heavy atom. The van der Waals surface area contributed by atoms with Gasteiger partial charge in [0.05, 0.1) is 6.04 Å². The quantitative estimate of drug-likeness (QED) is 0.892. The molecule has 2 aromatic rings. The summed E-state index contributed by atoms with van der Waals surface area (Å²) in [6.07, 6.45) is 1.83. The number of hydrogen-bond donors (Lipinski definition) is 1. The van der Waals surface area contributed by atoms with E-state index in [1.807, 2.05) is 12.3 Å². The van der Waals surface area contributed by atoms with Crippen LogP contribution in [-0.4, -0.2) is 11.1 Å². The number of pyridine rings is 1. The van der Waals surface area contributed by atoms with Gasteiger partial charge < -0.3 is 9.88 Å². The van der Waals surface area contributed by atoms with Crippen molar-refractivity contribution < 1.29 is 0 Å². The summed E-state index contributed by atoms with van der Waals surface area (Å²) in [5.74, 6) is 0. The van der Waals surface area contributed by atoms with E-state index in [1.54, 1.807) is 16.7 Å². The van der Waals surface area contributed by atoms with Gasteiger partial charge >= 0.3 is 0 Å². The Morgan fingerprint density at radius 3 is 2.53 bits per heavy atom. The molecule has 1 heterocycles. The van der Waals surface area contributed by atoms with Crippen molar-refractivity contribution in [3.8, 4) is 0 Å². The normalized spacial score (nSPS) is 12.3. The van der Waals surface area contributed by atoms with Crippen molar-refractivity contribution in [1.29, 1.82) is 0 Å². The number of nitrogens with one attached hydrogen (secondary N) is 1. The smallest absolute Gasteiger partial charge is 0.250 e. The zero-order chi connectivity index (χ0) is 13.7. The van der Waals surface area contributed by atoms with Crippen molar-refractivity contribution in [3.63, 3.8) is 0 Å². The molecule has 0 saturated heterocycles. The first kappa shape index (κ1) is 13.6. The summed E-state index contributed by atoms with van der Waals surface area (Å²) in [4.78, 5) is 11.8. The zero-order valence-electron chi connectivity index (χ0n) is 11.5. The third kappa shape index (κ3) is 3.55. The molecule has 100 valence electrons. The Bertz CT molecular complexity index is 572. The van der Waals surface area contributed by atoms with Gasteiger partial charge in [-0.05, 0) is 25.1 Å². The first-order valence-corrected chi connectivity index (χ1v) is 6.66. The first-order valence-electron chi connectivity index (χ1n) is 6.66. The van der Waals surface area contributed by atoms with Crippen LogP contribution < -0.4 is 10.9 Å². The largest absolute Gasteiger partial charge is 0.314 e. The molecule has 1 aromatic carbocycles. The van der Waals surface area contributed by atoms with E-state index in [-0.39, 0.29) is 11.6 Å². The van der Waals surface area contributed by atoms with E-state index in [4.69, 9.17) is 0 Å². The first-order chi connectivity index (χ1) is 9.20. The second-order valence-corrected chi connectivity index (χ2v) is 4.71. The van der Waals surface area contributed by atoms with Gasteiger partial charge in [0.15, 0.2) is 0 Å². The van der Waals surface area contributed by atoms with Crippen LogP contribution in [0.5, 0.6) is 0 Å².